The van der Waals surface area contributed by atoms with E-state index in [1.54, 1.807) is 0 Å². The molecule has 0 aromatic heterocycles. The fourth-order valence-electron chi connectivity index (χ4n) is 2.30. The number of carbonyl (C=O) groups is 1. The van der Waals surface area contributed by atoms with Crippen LogP contribution >= 0.6 is 0 Å². The molecular weight excluding hydrogens is 286 g/mol. The van der Waals surface area contributed by atoms with Crippen LogP contribution in [0, 0.1) is 5.92 Å². The summed E-state index contributed by atoms with van der Waals surface area (Å²) >= 11 is 0. The van der Waals surface area contributed by atoms with Gasteiger partial charge >= 0.3 is 0 Å². The van der Waals surface area contributed by atoms with Gasteiger partial charge in [0.15, 0.2) is 6.61 Å². The summed E-state index contributed by atoms with van der Waals surface area (Å²) in [6.07, 6.45) is 1.78. The molecule has 1 N–H and O–H groups in total. The zero-order chi connectivity index (χ0) is 16.5. The van der Waals surface area contributed by atoms with Gasteiger partial charge in [0.25, 0.3) is 5.91 Å². The summed E-state index contributed by atoms with van der Waals surface area (Å²) in [5.41, 5.74) is 2.32. The van der Waals surface area contributed by atoms with Gasteiger partial charge in [0.05, 0.1) is 0 Å². The molecule has 0 fully saturated rings. The Morgan fingerprint density at radius 2 is 1.74 bits per heavy atom. The molecule has 122 valence electrons. The van der Waals surface area contributed by atoms with Crippen LogP contribution < -0.4 is 10.1 Å². The minimum Gasteiger partial charge on any atom is -0.483 e. The zero-order valence-electron chi connectivity index (χ0n) is 13.9. The van der Waals surface area contributed by atoms with Crippen molar-refractivity contribution in [2.24, 2.45) is 5.92 Å². The van der Waals surface area contributed by atoms with Crippen LogP contribution in [0.1, 0.15) is 31.4 Å². The van der Waals surface area contributed by atoms with Crippen molar-refractivity contribution in [3.8, 4) is 5.75 Å². The van der Waals surface area contributed by atoms with Gasteiger partial charge in [-0.15, -0.1) is 0 Å². The lowest BCUT2D eigenvalue weighted by molar-refractivity contribution is -0.123. The third kappa shape index (κ3) is 6.15. The highest BCUT2D eigenvalue weighted by atomic mass is 16.5. The number of ether oxygens (including phenoxy) is 1. The van der Waals surface area contributed by atoms with E-state index in [1.807, 2.05) is 42.5 Å². The van der Waals surface area contributed by atoms with Crippen LogP contribution in [0.3, 0.4) is 0 Å². The molecule has 3 heteroatoms. The Morgan fingerprint density at radius 3 is 2.48 bits per heavy atom. The Hall–Kier alpha value is -2.29. The summed E-state index contributed by atoms with van der Waals surface area (Å²) in [4.78, 5) is 11.8. The Morgan fingerprint density at radius 1 is 1.04 bits per heavy atom. The molecule has 23 heavy (non-hydrogen) atoms. The van der Waals surface area contributed by atoms with Crippen molar-refractivity contribution in [2.75, 3.05) is 13.2 Å². The van der Waals surface area contributed by atoms with E-state index in [2.05, 4.69) is 31.3 Å². The second-order valence-electron chi connectivity index (χ2n) is 6.09. The Labute approximate surface area is 138 Å². The molecule has 0 aliphatic heterocycles. The summed E-state index contributed by atoms with van der Waals surface area (Å²) in [6, 6.07) is 18.1. The first-order valence-corrected chi connectivity index (χ1v) is 8.16. The maximum atomic E-state index is 11.8. The number of benzene rings is 2. The van der Waals surface area contributed by atoms with E-state index in [9.17, 15) is 4.79 Å². The van der Waals surface area contributed by atoms with Crippen molar-refractivity contribution in [3.63, 3.8) is 0 Å². The van der Waals surface area contributed by atoms with Crippen molar-refractivity contribution >= 4 is 5.91 Å². The smallest absolute Gasteiger partial charge is 0.257 e. The first-order chi connectivity index (χ1) is 11.1. The van der Waals surface area contributed by atoms with Crippen LogP contribution in [-0.2, 0) is 11.2 Å². The summed E-state index contributed by atoms with van der Waals surface area (Å²) in [7, 11) is 0. The fraction of sp³-hybridized carbons (Fsp3) is 0.350. The molecule has 0 aliphatic carbocycles. The van der Waals surface area contributed by atoms with Gasteiger partial charge in [-0.3, -0.25) is 4.79 Å². The predicted molar refractivity (Wildman–Crippen MR) is 93.6 cm³/mol. The number of hydrogen-bond acceptors (Lipinski definition) is 2. The third-order valence-electron chi connectivity index (χ3n) is 3.61. The van der Waals surface area contributed by atoms with Crippen molar-refractivity contribution in [3.05, 3.63) is 65.7 Å². The molecule has 0 spiro atoms. The number of para-hydroxylation sites is 1. The molecule has 0 bridgehead atoms. The third-order valence-corrected chi connectivity index (χ3v) is 3.61. The minimum atomic E-state index is -0.0693. The van der Waals surface area contributed by atoms with Gasteiger partial charge in [-0.1, -0.05) is 62.4 Å². The van der Waals surface area contributed by atoms with Gasteiger partial charge in [0.1, 0.15) is 5.75 Å². The van der Waals surface area contributed by atoms with Gasteiger partial charge in [0, 0.05) is 13.0 Å². The second-order valence-corrected chi connectivity index (χ2v) is 6.09. The van der Waals surface area contributed by atoms with E-state index in [0.29, 0.717) is 12.5 Å². The monoisotopic (exact) mass is 311 g/mol. The van der Waals surface area contributed by atoms with Gasteiger partial charge in [-0.25, -0.2) is 0 Å². The van der Waals surface area contributed by atoms with Crippen LogP contribution in [0.15, 0.2) is 54.6 Å². The van der Waals surface area contributed by atoms with Gasteiger partial charge in [-0.2, -0.15) is 0 Å². The lowest BCUT2D eigenvalue weighted by Gasteiger charge is -2.12. The van der Waals surface area contributed by atoms with E-state index < -0.39 is 0 Å². The molecule has 0 atom stereocenters. The van der Waals surface area contributed by atoms with Crippen molar-refractivity contribution in [2.45, 2.75) is 26.7 Å². The molecule has 0 aliphatic rings. The molecule has 0 saturated heterocycles. The zero-order valence-corrected chi connectivity index (χ0v) is 13.9. The maximum Gasteiger partial charge on any atom is 0.257 e. The molecule has 2 rings (SSSR count). The Bertz CT molecular complexity index is 608. The second kappa shape index (κ2) is 8.99. The van der Waals surface area contributed by atoms with Crippen molar-refractivity contribution in [1.82, 2.24) is 5.32 Å². The van der Waals surface area contributed by atoms with Crippen LogP contribution in [-0.4, -0.2) is 19.1 Å². The lowest BCUT2D eigenvalue weighted by Crippen LogP contribution is -2.30. The molecule has 3 nitrogen and oxygen atoms in total. The predicted octanol–water partition coefficient (Wildman–Crippen LogP) is 3.82. The minimum absolute atomic E-state index is 0.0594. The van der Waals surface area contributed by atoms with E-state index in [1.165, 1.54) is 5.56 Å². The van der Waals surface area contributed by atoms with Crippen LogP contribution in [0.4, 0.5) is 0 Å². The van der Waals surface area contributed by atoms with Crippen LogP contribution in [0.2, 0.25) is 0 Å². The molecule has 0 unspecified atom stereocenters. The Balaban J connectivity index is 1.89. The van der Waals surface area contributed by atoms with Gasteiger partial charge in [-0.05, 0) is 29.5 Å². The van der Waals surface area contributed by atoms with E-state index in [0.717, 1.165) is 24.2 Å². The number of nitrogens with one attached hydrogen (secondary N) is 1. The fourth-order valence-corrected chi connectivity index (χ4v) is 2.30. The molecule has 1 amide bonds. The standard InChI is InChI=1S/C20H25NO2/c1-16(2)12-13-21-20(22)15-23-19-11-7-6-10-18(19)14-17-8-4-3-5-9-17/h3-11,16H,12-15H2,1-2H3,(H,21,22). The Kier molecular flexibility index (Phi) is 6.67. The molecular formula is C20H25NO2. The normalized spacial score (nSPS) is 10.6. The highest BCUT2D eigenvalue weighted by Gasteiger charge is 2.07. The van der Waals surface area contributed by atoms with E-state index in [-0.39, 0.29) is 12.5 Å². The first-order valence-electron chi connectivity index (χ1n) is 8.16. The molecule has 2 aromatic rings. The molecule has 0 saturated carbocycles. The largest absolute Gasteiger partial charge is 0.483 e. The highest BCUT2D eigenvalue weighted by molar-refractivity contribution is 5.77. The topological polar surface area (TPSA) is 38.3 Å². The summed E-state index contributed by atoms with van der Waals surface area (Å²) in [5.74, 6) is 1.29. The SMILES string of the molecule is CC(C)CCNC(=O)COc1ccccc1Cc1ccccc1. The molecule has 0 heterocycles. The number of rotatable bonds is 8. The summed E-state index contributed by atoms with van der Waals surface area (Å²) in [5, 5.41) is 2.89. The van der Waals surface area contributed by atoms with Crippen LogP contribution in [0.5, 0.6) is 5.75 Å². The number of hydrogen-bond donors (Lipinski definition) is 1. The van der Waals surface area contributed by atoms with Gasteiger partial charge < -0.3 is 10.1 Å². The van der Waals surface area contributed by atoms with E-state index >= 15 is 0 Å². The van der Waals surface area contributed by atoms with Crippen molar-refractivity contribution < 1.29 is 9.53 Å². The quantitative estimate of drug-likeness (QED) is 0.805. The average molecular weight is 311 g/mol. The molecule has 2 aromatic carbocycles. The number of amides is 1. The summed E-state index contributed by atoms with van der Waals surface area (Å²) in [6.45, 7) is 5.04. The van der Waals surface area contributed by atoms with E-state index in [4.69, 9.17) is 4.74 Å². The van der Waals surface area contributed by atoms with Crippen molar-refractivity contribution in [1.29, 1.82) is 0 Å². The first kappa shape index (κ1) is 17.1. The maximum absolute atomic E-state index is 11.8. The summed E-state index contributed by atoms with van der Waals surface area (Å²) < 4.78 is 5.72. The number of carbonyl (C=O) groups excluding carboxylic acids is 1. The lowest BCUT2D eigenvalue weighted by atomic mass is 10.0. The van der Waals surface area contributed by atoms with Crippen LogP contribution in [0.25, 0.3) is 0 Å². The average Bonchev–Trinajstić information content (AvgIpc) is 2.55. The van der Waals surface area contributed by atoms with Gasteiger partial charge in [0.2, 0.25) is 0 Å². The highest BCUT2D eigenvalue weighted by Crippen LogP contribution is 2.21. The molecule has 0 radical (unpaired) electrons.